The summed E-state index contributed by atoms with van der Waals surface area (Å²) in [5.41, 5.74) is 4.60. The van der Waals surface area contributed by atoms with Crippen LogP contribution in [0.25, 0.3) is 0 Å². The minimum absolute atomic E-state index is 0.0129. The molecule has 2 rings (SSSR count). The van der Waals surface area contributed by atoms with Gasteiger partial charge in [-0.15, -0.1) is 0 Å². The second kappa shape index (κ2) is 8.44. The number of carbonyl (C=O) groups is 2. The maximum atomic E-state index is 12.3. The number of quaternary nitrogens is 1. The lowest BCUT2D eigenvalue weighted by molar-refractivity contribution is -0.885. The van der Waals surface area contributed by atoms with E-state index in [4.69, 9.17) is 0 Å². The molecule has 2 aromatic rings. The van der Waals surface area contributed by atoms with E-state index in [1.54, 1.807) is 12.1 Å². The van der Waals surface area contributed by atoms with Crippen LogP contribution in [-0.4, -0.2) is 32.6 Å². The zero-order valence-corrected chi connectivity index (χ0v) is 15.2. The van der Waals surface area contributed by atoms with E-state index in [2.05, 4.69) is 10.1 Å². The van der Waals surface area contributed by atoms with Crippen LogP contribution >= 0.6 is 0 Å². The van der Waals surface area contributed by atoms with Crippen LogP contribution in [0.1, 0.15) is 27.0 Å². The average Bonchev–Trinajstić information content (AvgIpc) is 2.58. The number of ether oxygens (including phenoxy) is 1. The van der Waals surface area contributed by atoms with Crippen molar-refractivity contribution in [2.45, 2.75) is 20.4 Å². The lowest BCUT2D eigenvalue weighted by atomic mass is 10.1. The molecule has 5 heteroatoms. The fraction of sp³-hybridized carbons (Fsp3) is 0.300. The predicted octanol–water partition coefficient (Wildman–Crippen LogP) is 1.74. The molecular formula is C20H25N2O3+. The van der Waals surface area contributed by atoms with Crippen LogP contribution in [0.15, 0.2) is 42.5 Å². The first kappa shape index (κ1) is 18.7. The van der Waals surface area contributed by atoms with Crippen molar-refractivity contribution in [2.24, 2.45) is 0 Å². The normalized spacial score (nSPS) is 11.7. The molecule has 1 unspecified atom stereocenters. The van der Waals surface area contributed by atoms with Crippen LogP contribution < -0.4 is 10.2 Å². The fourth-order valence-corrected chi connectivity index (χ4v) is 2.76. The molecule has 5 nitrogen and oxygen atoms in total. The van der Waals surface area contributed by atoms with Crippen molar-refractivity contribution < 1.29 is 19.2 Å². The topological polar surface area (TPSA) is 59.8 Å². The molecule has 0 bridgehead atoms. The summed E-state index contributed by atoms with van der Waals surface area (Å²) in [5, 5.41) is 3.01. The van der Waals surface area contributed by atoms with Gasteiger partial charge >= 0.3 is 5.97 Å². The molecule has 132 valence electrons. The van der Waals surface area contributed by atoms with Crippen LogP contribution in [0.5, 0.6) is 0 Å². The number of hydrogen-bond donors (Lipinski definition) is 2. The van der Waals surface area contributed by atoms with Gasteiger partial charge in [0.1, 0.15) is 6.54 Å². The van der Waals surface area contributed by atoms with Crippen molar-refractivity contribution in [1.29, 1.82) is 0 Å². The van der Waals surface area contributed by atoms with E-state index in [0.717, 1.165) is 27.3 Å². The molecule has 0 aromatic heterocycles. The highest BCUT2D eigenvalue weighted by molar-refractivity contribution is 5.93. The van der Waals surface area contributed by atoms with Crippen molar-refractivity contribution in [3.63, 3.8) is 0 Å². The highest BCUT2D eigenvalue weighted by Crippen LogP contribution is 2.18. The van der Waals surface area contributed by atoms with E-state index in [1.807, 2.05) is 51.2 Å². The highest BCUT2D eigenvalue weighted by atomic mass is 16.5. The summed E-state index contributed by atoms with van der Waals surface area (Å²) in [6, 6.07) is 13.2. The van der Waals surface area contributed by atoms with Crippen LogP contribution in [0.4, 0.5) is 5.69 Å². The summed E-state index contributed by atoms with van der Waals surface area (Å²) in [4.78, 5) is 24.8. The lowest BCUT2D eigenvalue weighted by Crippen LogP contribution is -3.08. The first-order valence-corrected chi connectivity index (χ1v) is 8.25. The molecule has 0 saturated carbocycles. The Morgan fingerprint density at radius 1 is 1.04 bits per heavy atom. The summed E-state index contributed by atoms with van der Waals surface area (Å²) in [6.07, 6.45) is 0. The van der Waals surface area contributed by atoms with E-state index >= 15 is 0 Å². The van der Waals surface area contributed by atoms with E-state index in [0.29, 0.717) is 18.7 Å². The van der Waals surface area contributed by atoms with Crippen molar-refractivity contribution in [3.05, 3.63) is 64.7 Å². The smallest absolute Gasteiger partial charge is 0.337 e. The lowest BCUT2D eigenvalue weighted by Gasteiger charge is -2.16. The third-order valence-corrected chi connectivity index (χ3v) is 4.09. The number of benzene rings is 2. The van der Waals surface area contributed by atoms with E-state index in [9.17, 15) is 9.59 Å². The van der Waals surface area contributed by atoms with Gasteiger partial charge in [-0.25, -0.2) is 4.79 Å². The maximum absolute atomic E-state index is 12.3. The standard InChI is InChI=1S/C20H24N2O3/c1-14-6-5-7-15(2)19(14)21-18(23)13-22(3)12-16-8-10-17(11-9-16)20(24)25-4/h5-11H,12-13H2,1-4H3,(H,21,23)/p+1. The Kier molecular flexibility index (Phi) is 6.31. The molecule has 0 aliphatic carbocycles. The van der Waals surface area contributed by atoms with Crippen molar-refractivity contribution in [1.82, 2.24) is 0 Å². The van der Waals surface area contributed by atoms with Gasteiger partial charge in [-0.05, 0) is 37.1 Å². The largest absolute Gasteiger partial charge is 0.465 e. The molecule has 2 aromatic carbocycles. The number of hydrogen-bond acceptors (Lipinski definition) is 3. The van der Waals surface area contributed by atoms with Gasteiger partial charge < -0.3 is 15.0 Å². The minimum atomic E-state index is -0.347. The summed E-state index contributed by atoms with van der Waals surface area (Å²) >= 11 is 0. The van der Waals surface area contributed by atoms with Crippen molar-refractivity contribution in [2.75, 3.05) is 26.0 Å². The van der Waals surface area contributed by atoms with Gasteiger partial charge in [0.05, 0.1) is 19.7 Å². The Morgan fingerprint density at radius 2 is 1.64 bits per heavy atom. The third-order valence-electron chi connectivity index (χ3n) is 4.09. The Labute approximate surface area is 148 Å². The number of amides is 1. The molecule has 0 aliphatic rings. The summed E-state index contributed by atoms with van der Waals surface area (Å²) in [5.74, 6) is -0.360. The monoisotopic (exact) mass is 341 g/mol. The zero-order valence-electron chi connectivity index (χ0n) is 15.2. The first-order chi connectivity index (χ1) is 11.9. The fourth-order valence-electron chi connectivity index (χ4n) is 2.76. The highest BCUT2D eigenvalue weighted by Gasteiger charge is 2.13. The Morgan fingerprint density at radius 3 is 2.20 bits per heavy atom. The Balaban J connectivity index is 1.92. The third kappa shape index (κ3) is 5.16. The number of rotatable bonds is 6. The van der Waals surface area contributed by atoms with Gasteiger partial charge in [0.2, 0.25) is 0 Å². The molecule has 1 amide bonds. The molecule has 0 aliphatic heterocycles. The number of aryl methyl sites for hydroxylation is 2. The predicted molar refractivity (Wildman–Crippen MR) is 97.8 cm³/mol. The van der Waals surface area contributed by atoms with Gasteiger partial charge in [0.15, 0.2) is 6.54 Å². The molecule has 0 radical (unpaired) electrons. The molecule has 25 heavy (non-hydrogen) atoms. The SMILES string of the molecule is COC(=O)c1ccc(C[NH+](C)CC(=O)Nc2c(C)cccc2C)cc1. The first-order valence-electron chi connectivity index (χ1n) is 8.25. The van der Waals surface area contributed by atoms with Crippen LogP contribution in [-0.2, 0) is 16.1 Å². The summed E-state index contributed by atoms with van der Waals surface area (Å²) in [6.45, 7) is 5.04. The number of nitrogens with one attached hydrogen (secondary N) is 2. The summed E-state index contributed by atoms with van der Waals surface area (Å²) < 4.78 is 4.69. The number of esters is 1. The molecule has 1 atom stereocenters. The Hall–Kier alpha value is -2.66. The second-order valence-electron chi connectivity index (χ2n) is 6.31. The number of carbonyl (C=O) groups excluding carboxylic acids is 2. The maximum Gasteiger partial charge on any atom is 0.337 e. The quantitative estimate of drug-likeness (QED) is 0.787. The molecule has 0 heterocycles. The van der Waals surface area contributed by atoms with Crippen LogP contribution in [0.2, 0.25) is 0 Å². The van der Waals surface area contributed by atoms with E-state index in [-0.39, 0.29) is 11.9 Å². The second-order valence-corrected chi connectivity index (χ2v) is 6.31. The van der Waals surface area contributed by atoms with Gasteiger partial charge in [0, 0.05) is 11.3 Å². The minimum Gasteiger partial charge on any atom is -0.465 e. The van der Waals surface area contributed by atoms with E-state index < -0.39 is 0 Å². The molecule has 2 N–H and O–H groups in total. The molecule has 0 spiro atoms. The van der Waals surface area contributed by atoms with Crippen molar-refractivity contribution >= 4 is 17.6 Å². The molecule has 0 fully saturated rings. The van der Waals surface area contributed by atoms with Crippen LogP contribution in [0.3, 0.4) is 0 Å². The average molecular weight is 341 g/mol. The Bertz CT molecular complexity index is 734. The molecule has 0 saturated heterocycles. The van der Waals surface area contributed by atoms with E-state index in [1.165, 1.54) is 7.11 Å². The number of methoxy groups -OCH3 is 1. The number of para-hydroxylation sites is 1. The number of likely N-dealkylation sites (N-methyl/N-ethyl adjacent to an activating group) is 1. The summed E-state index contributed by atoms with van der Waals surface area (Å²) in [7, 11) is 3.33. The van der Waals surface area contributed by atoms with Gasteiger partial charge in [-0.2, -0.15) is 0 Å². The zero-order chi connectivity index (χ0) is 18.4. The van der Waals surface area contributed by atoms with Crippen LogP contribution in [0, 0.1) is 13.8 Å². The van der Waals surface area contributed by atoms with Gasteiger partial charge in [0.25, 0.3) is 5.91 Å². The van der Waals surface area contributed by atoms with Gasteiger partial charge in [-0.1, -0.05) is 30.3 Å². The van der Waals surface area contributed by atoms with Gasteiger partial charge in [-0.3, -0.25) is 4.79 Å². The number of anilines is 1. The van der Waals surface area contributed by atoms with Crippen molar-refractivity contribution in [3.8, 4) is 0 Å². The molecular weight excluding hydrogens is 316 g/mol.